The van der Waals surface area contributed by atoms with Gasteiger partial charge in [0.1, 0.15) is 18.1 Å². The summed E-state index contributed by atoms with van der Waals surface area (Å²) in [6, 6.07) is 7.44. The normalized spacial score (nSPS) is 18.7. The van der Waals surface area contributed by atoms with Crippen LogP contribution in [0.2, 0.25) is 5.02 Å². The van der Waals surface area contributed by atoms with Crippen LogP contribution < -0.4 is 4.74 Å². The highest BCUT2D eigenvalue weighted by molar-refractivity contribution is 6.32. The Morgan fingerprint density at radius 3 is 2.58 bits per heavy atom. The fourth-order valence-electron chi connectivity index (χ4n) is 4.45. The van der Waals surface area contributed by atoms with Gasteiger partial charge in [-0.15, -0.1) is 0 Å². The van der Waals surface area contributed by atoms with Crippen LogP contribution in [0.25, 0.3) is 0 Å². The van der Waals surface area contributed by atoms with Gasteiger partial charge in [-0.3, -0.25) is 14.5 Å². The van der Waals surface area contributed by atoms with E-state index in [0.717, 1.165) is 19.6 Å². The predicted octanol–water partition coefficient (Wildman–Crippen LogP) is 4.23. The highest BCUT2D eigenvalue weighted by Crippen LogP contribution is 2.38. The first-order valence-electron chi connectivity index (χ1n) is 10.8. The lowest BCUT2D eigenvalue weighted by Crippen LogP contribution is -2.49. The van der Waals surface area contributed by atoms with E-state index >= 15 is 0 Å². The third-order valence-electron chi connectivity index (χ3n) is 6.13. The first kappa shape index (κ1) is 21.9. The van der Waals surface area contributed by atoms with E-state index in [1.54, 1.807) is 0 Å². The van der Waals surface area contributed by atoms with Crippen LogP contribution in [0, 0.1) is 12.3 Å². The Kier molecular flexibility index (Phi) is 6.13. The van der Waals surface area contributed by atoms with Gasteiger partial charge in [0.25, 0.3) is 5.91 Å². The number of hydrogen-bond donors (Lipinski definition) is 0. The van der Waals surface area contributed by atoms with Crippen LogP contribution in [-0.4, -0.2) is 60.8 Å². The van der Waals surface area contributed by atoms with Crippen molar-refractivity contribution in [3.63, 3.8) is 0 Å². The molecule has 2 aliphatic rings. The van der Waals surface area contributed by atoms with Gasteiger partial charge in [-0.25, -0.2) is 0 Å². The molecule has 0 radical (unpaired) electrons. The molecular formula is C24H29ClN2O4. The van der Waals surface area contributed by atoms with Gasteiger partial charge in [-0.2, -0.15) is 0 Å². The van der Waals surface area contributed by atoms with Crippen LogP contribution in [0.15, 0.2) is 28.7 Å². The van der Waals surface area contributed by atoms with Gasteiger partial charge in [-0.05, 0) is 24.5 Å². The molecule has 2 aromatic rings. The Morgan fingerprint density at radius 1 is 1.16 bits per heavy atom. The van der Waals surface area contributed by atoms with Crippen LogP contribution in [0.3, 0.4) is 0 Å². The summed E-state index contributed by atoms with van der Waals surface area (Å²) in [5.74, 6) is 1.64. The minimum Gasteiger partial charge on any atom is -0.491 e. The van der Waals surface area contributed by atoms with Gasteiger partial charge >= 0.3 is 0 Å². The second kappa shape index (κ2) is 8.67. The number of fused-ring (bicyclic) bond motifs is 1. The molecule has 0 unspecified atom stereocenters. The number of furan rings is 1. The van der Waals surface area contributed by atoms with Crippen molar-refractivity contribution in [1.29, 1.82) is 0 Å². The third kappa shape index (κ3) is 4.65. The van der Waals surface area contributed by atoms with Gasteiger partial charge < -0.3 is 14.1 Å². The van der Waals surface area contributed by atoms with E-state index in [1.807, 2.05) is 36.1 Å². The molecule has 2 heterocycles. The van der Waals surface area contributed by atoms with Gasteiger partial charge in [0.2, 0.25) is 0 Å². The topological polar surface area (TPSA) is 63.0 Å². The minimum absolute atomic E-state index is 0.0786. The molecule has 1 aromatic carbocycles. The molecule has 0 atom stereocenters. The van der Waals surface area contributed by atoms with Crippen LogP contribution in [-0.2, 0) is 6.42 Å². The molecule has 4 rings (SSSR count). The Balaban J connectivity index is 1.33. The molecule has 1 saturated heterocycles. The smallest absolute Gasteiger partial charge is 0.289 e. The van der Waals surface area contributed by atoms with E-state index in [4.69, 9.17) is 20.8 Å². The zero-order chi connectivity index (χ0) is 22.2. The lowest BCUT2D eigenvalue weighted by molar-refractivity contribution is 0.0585. The second-order valence-corrected chi connectivity index (χ2v) is 9.62. The number of halogens is 1. The molecule has 7 heteroatoms. The highest BCUT2D eigenvalue weighted by atomic mass is 35.5. The van der Waals surface area contributed by atoms with Crippen molar-refractivity contribution in [2.75, 3.05) is 39.3 Å². The zero-order valence-electron chi connectivity index (χ0n) is 18.4. The number of Topliss-reactive ketones (excluding diaryl/α,β-unsaturated/α-hetero) is 1. The number of ether oxygens (including phenoxy) is 1. The van der Waals surface area contributed by atoms with Crippen molar-refractivity contribution in [2.24, 2.45) is 5.41 Å². The van der Waals surface area contributed by atoms with Crippen molar-refractivity contribution in [3.8, 4) is 5.75 Å². The van der Waals surface area contributed by atoms with Gasteiger partial charge in [-0.1, -0.05) is 37.6 Å². The number of hydrogen-bond acceptors (Lipinski definition) is 5. The largest absolute Gasteiger partial charge is 0.491 e. The molecule has 0 N–H and O–H groups in total. The highest BCUT2D eigenvalue weighted by Gasteiger charge is 2.38. The van der Waals surface area contributed by atoms with Crippen LogP contribution in [0.5, 0.6) is 5.75 Å². The van der Waals surface area contributed by atoms with Crippen molar-refractivity contribution >= 4 is 23.3 Å². The summed E-state index contributed by atoms with van der Waals surface area (Å²) in [6.07, 6.45) is 1.17. The van der Waals surface area contributed by atoms with Crippen molar-refractivity contribution in [1.82, 2.24) is 9.80 Å². The van der Waals surface area contributed by atoms with E-state index in [1.165, 1.54) is 0 Å². The van der Waals surface area contributed by atoms with Crippen LogP contribution >= 0.6 is 11.6 Å². The maximum absolute atomic E-state index is 13.1. The Hall–Kier alpha value is -2.31. The summed E-state index contributed by atoms with van der Waals surface area (Å²) in [5.41, 5.74) is 1.18. The Morgan fingerprint density at radius 2 is 1.87 bits per heavy atom. The Bertz CT molecular complexity index is 989. The molecule has 1 amide bonds. The number of para-hydroxylation sites is 1. The number of rotatable bonds is 5. The number of carbonyl (C=O) groups excluding carboxylic acids is 2. The monoisotopic (exact) mass is 444 g/mol. The van der Waals surface area contributed by atoms with E-state index in [-0.39, 0.29) is 17.1 Å². The minimum atomic E-state index is -0.133. The first-order chi connectivity index (χ1) is 14.7. The summed E-state index contributed by atoms with van der Waals surface area (Å²) >= 11 is 6.12. The SMILES string of the molecule is Cc1c(C(=O)N2CCN(CCOc3ccccc3Cl)CC2)oc2c1C(=O)CC(C)(C)C2. The van der Waals surface area contributed by atoms with Crippen LogP contribution in [0.4, 0.5) is 0 Å². The number of amides is 1. The second-order valence-electron chi connectivity index (χ2n) is 9.21. The fourth-order valence-corrected chi connectivity index (χ4v) is 4.64. The number of ketones is 1. The molecular weight excluding hydrogens is 416 g/mol. The molecule has 1 aliphatic heterocycles. The molecule has 1 aromatic heterocycles. The number of nitrogens with zero attached hydrogens (tertiary/aromatic N) is 2. The summed E-state index contributed by atoms with van der Waals surface area (Å²) in [4.78, 5) is 29.8. The van der Waals surface area contributed by atoms with Gasteiger partial charge in [0.15, 0.2) is 11.5 Å². The standard InChI is InChI=1S/C24H29ClN2O4/c1-16-21-18(28)14-24(2,3)15-20(21)31-22(16)23(29)27-10-8-26(9-11-27)12-13-30-19-7-5-4-6-17(19)25/h4-7H,8-15H2,1-3H3. The van der Waals surface area contributed by atoms with E-state index in [0.29, 0.717) is 66.0 Å². The summed E-state index contributed by atoms with van der Waals surface area (Å²) in [5, 5.41) is 0.608. The van der Waals surface area contributed by atoms with E-state index in [2.05, 4.69) is 18.7 Å². The van der Waals surface area contributed by atoms with E-state index < -0.39 is 0 Å². The molecule has 31 heavy (non-hydrogen) atoms. The molecule has 1 fully saturated rings. The maximum Gasteiger partial charge on any atom is 0.289 e. The van der Waals surface area contributed by atoms with Crippen molar-refractivity contribution in [3.05, 3.63) is 51.9 Å². The molecule has 0 spiro atoms. The number of carbonyl (C=O) groups is 2. The fraction of sp³-hybridized carbons (Fsp3) is 0.500. The summed E-state index contributed by atoms with van der Waals surface area (Å²) in [6.45, 7) is 10.0. The van der Waals surface area contributed by atoms with Crippen molar-refractivity contribution < 1.29 is 18.7 Å². The number of benzene rings is 1. The average molecular weight is 445 g/mol. The summed E-state index contributed by atoms with van der Waals surface area (Å²) < 4.78 is 11.7. The average Bonchev–Trinajstić information content (AvgIpc) is 3.04. The zero-order valence-corrected chi connectivity index (χ0v) is 19.1. The van der Waals surface area contributed by atoms with Crippen LogP contribution in [0.1, 0.15) is 52.5 Å². The predicted molar refractivity (Wildman–Crippen MR) is 119 cm³/mol. The van der Waals surface area contributed by atoms with Gasteiger partial charge in [0.05, 0.1) is 10.6 Å². The lowest BCUT2D eigenvalue weighted by atomic mass is 9.76. The maximum atomic E-state index is 13.1. The van der Waals surface area contributed by atoms with Crippen molar-refractivity contribution in [2.45, 2.75) is 33.6 Å². The molecule has 1 aliphatic carbocycles. The van der Waals surface area contributed by atoms with E-state index in [9.17, 15) is 9.59 Å². The number of piperazine rings is 1. The van der Waals surface area contributed by atoms with Gasteiger partial charge in [0, 0.05) is 51.1 Å². The quantitative estimate of drug-likeness (QED) is 0.690. The molecule has 6 nitrogen and oxygen atoms in total. The Labute approximate surface area is 188 Å². The first-order valence-corrected chi connectivity index (χ1v) is 11.2. The molecule has 0 saturated carbocycles. The summed E-state index contributed by atoms with van der Waals surface area (Å²) in [7, 11) is 0. The molecule has 0 bridgehead atoms. The lowest BCUT2D eigenvalue weighted by Gasteiger charge is -2.34. The third-order valence-corrected chi connectivity index (χ3v) is 6.44. The molecule has 166 valence electrons.